The summed E-state index contributed by atoms with van der Waals surface area (Å²) in [6, 6.07) is 18.4. The second-order valence-electron chi connectivity index (χ2n) is 8.87. The first-order chi connectivity index (χ1) is 18.4. The van der Waals surface area contributed by atoms with E-state index in [4.69, 9.17) is 21.1 Å². The van der Waals surface area contributed by atoms with Crippen molar-refractivity contribution in [3.63, 3.8) is 0 Å². The number of fused-ring (bicyclic) bond motifs is 2. The van der Waals surface area contributed by atoms with Gasteiger partial charge in [-0.3, -0.25) is 9.36 Å². The Balaban J connectivity index is 1.78. The normalized spacial score (nSPS) is 15.4. The molecule has 0 radical (unpaired) electrons. The van der Waals surface area contributed by atoms with Gasteiger partial charge in [0.05, 0.1) is 29.0 Å². The fourth-order valence-electron chi connectivity index (χ4n) is 4.68. The largest absolute Gasteiger partial charge is 0.493 e. The minimum atomic E-state index is -0.760. The maximum absolute atomic E-state index is 14.0. The molecule has 0 bridgehead atoms. The molecule has 0 aliphatic carbocycles. The predicted octanol–water partition coefficient (Wildman–Crippen LogP) is 5.39. The van der Waals surface area contributed by atoms with E-state index in [9.17, 15) is 9.59 Å². The monoisotopic (exact) mass is 546 g/mol. The maximum Gasteiger partial charge on any atom is 0.338 e. The Bertz CT molecular complexity index is 1750. The average molecular weight is 547 g/mol. The molecule has 38 heavy (non-hydrogen) atoms. The Hall–Kier alpha value is -3.68. The molecule has 0 amide bonds. The number of halogens is 1. The summed E-state index contributed by atoms with van der Waals surface area (Å²) in [7, 11) is 0. The number of carbonyl (C=O) groups is 1. The predicted molar refractivity (Wildman–Crippen MR) is 152 cm³/mol. The van der Waals surface area contributed by atoms with Gasteiger partial charge in [0, 0.05) is 10.6 Å². The van der Waals surface area contributed by atoms with E-state index in [2.05, 4.69) is 11.9 Å². The lowest BCUT2D eigenvalue weighted by Gasteiger charge is -2.25. The highest BCUT2D eigenvalue weighted by atomic mass is 35.5. The van der Waals surface area contributed by atoms with Crippen LogP contribution in [0.5, 0.6) is 5.75 Å². The number of benzene rings is 3. The van der Waals surface area contributed by atoms with Gasteiger partial charge in [-0.15, -0.1) is 0 Å². The van der Waals surface area contributed by atoms with Gasteiger partial charge in [-0.1, -0.05) is 78.4 Å². The van der Waals surface area contributed by atoms with Gasteiger partial charge in [0.25, 0.3) is 5.56 Å². The highest BCUT2D eigenvalue weighted by Gasteiger charge is 2.34. The summed E-state index contributed by atoms with van der Waals surface area (Å²) in [6.45, 7) is 6.33. The number of ether oxygens (including phenoxy) is 2. The van der Waals surface area contributed by atoms with Gasteiger partial charge >= 0.3 is 5.97 Å². The van der Waals surface area contributed by atoms with Gasteiger partial charge in [0.2, 0.25) is 0 Å². The highest BCUT2D eigenvalue weighted by Crippen LogP contribution is 2.34. The Morgan fingerprint density at radius 3 is 2.63 bits per heavy atom. The molecule has 4 aromatic rings. The van der Waals surface area contributed by atoms with E-state index in [0.717, 1.165) is 22.8 Å². The van der Waals surface area contributed by atoms with Crippen LogP contribution < -0.4 is 19.6 Å². The van der Waals surface area contributed by atoms with Gasteiger partial charge in [-0.05, 0) is 54.8 Å². The number of hydrogen-bond donors (Lipinski definition) is 0. The molecule has 1 atom stereocenters. The van der Waals surface area contributed by atoms with Crippen molar-refractivity contribution in [2.45, 2.75) is 33.2 Å². The molecule has 0 saturated heterocycles. The SMILES string of the molecule is CCCOc1ccc2ccccc2c1/C=c1/sc2n(c1=O)[C@@H](c1ccccc1Cl)C(C(=O)OCC)=C(C)N=2. The standard InChI is InChI=1S/C30H27ClN2O4S/c1-4-16-37-24-15-14-19-10-6-7-11-20(19)22(24)17-25-28(34)33-27(21-12-8-9-13-23(21)31)26(29(35)36-5-2)18(3)32-30(33)38-25/h6-15,17,27H,4-5,16H2,1-3H3/b25-17+/t27-/m0/s1. The third-order valence-electron chi connectivity index (χ3n) is 6.38. The molecule has 5 rings (SSSR count). The molecule has 2 heterocycles. The fraction of sp³-hybridized carbons (Fsp3) is 0.233. The van der Waals surface area contributed by atoms with Crippen LogP contribution >= 0.6 is 22.9 Å². The Labute approximate surface area is 229 Å². The first-order valence-corrected chi connectivity index (χ1v) is 13.7. The van der Waals surface area contributed by atoms with E-state index in [1.54, 1.807) is 24.5 Å². The molecule has 0 saturated carbocycles. The van der Waals surface area contributed by atoms with Crippen LogP contribution in [0.1, 0.15) is 44.4 Å². The van der Waals surface area contributed by atoms with Crippen LogP contribution in [-0.2, 0) is 9.53 Å². The lowest BCUT2D eigenvalue weighted by molar-refractivity contribution is -0.139. The molecule has 1 aromatic heterocycles. The zero-order chi connectivity index (χ0) is 26.8. The first kappa shape index (κ1) is 25.9. The van der Waals surface area contributed by atoms with Crippen LogP contribution in [0.2, 0.25) is 5.02 Å². The van der Waals surface area contributed by atoms with Crippen molar-refractivity contribution in [2.24, 2.45) is 4.99 Å². The quantitative estimate of drug-likeness (QED) is 0.291. The number of aromatic nitrogens is 1. The van der Waals surface area contributed by atoms with E-state index in [1.165, 1.54) is 11.3 Å². The van der Waals surface area contributed by atoms with Crippen molar-refractivity contribution >= 4 is 45.8 Å². The van der Waals surface area contributed by atoms with Gasteiger partial charge in [-0.25, -0.2) is 9.79 Å². The van der Waals surface area contributed by atoms with Gasteiger partial charge in [0.15, 0.2) is 4.80 Å². The average Bonchev–Trinajstić information content (AvgIpc) is 3.22. The molecule has 0 fully saturated rings. The molecule has 0 unspecified atom stereocenters. The second-order valence-corrected chi connectivity index (χ2v) is 10.3. The molecule has 0 spiro atoms. The Kier molecular flexibility index (Phi) is 7.49. The van der Waals surface area contributed by atoms with Crippen molar-refractivity contribution < 1.29 is 14.3 Å². The lowest BCUT2D eigenvalue weighted by Crippen LogP contribution is -2.40. The summed E-state index contributed by atoms with van der Waals surface area (Å²) in [5.74, 6) is 0.194. The number of rotatable bonds is 7. The van der Waals surface area contributed by atoms with E-state index in [-0.39, 0.29) is 12.2 Å². The Morgan fingerprint density at radius 1 is 1.11 bits per heavy atom. The minimum Gasteiger partial charge on any atom is -0.493 e. The molecule has 1 aliphatic heterocycles. The van der Waals surface area contributed by atoms with Crippen molar-refractivity contribution in [3.8, 4) is 5.75 Å². The van der Waals surface area contributed by atoms with Crippen LogP contribution in [0.25, 0.3) is 16.8 Å². The fourth-order valence-corrected chi connectivity index (χ4v) is 5.94. The minimum absolute atomic E-state index is 0.205. The number of nitrogens with zero attached hydrogens (tertiary/aromatic N) is 2. The van der Waals surface area contributed by atoms with E-state index < -0.39 is 12.0 Å². The smallest absolute Gasteiger partial charge is 0.338 e. The zero-order valence-electron chi connectivity index (χ0n) is 21.4. The number of allylic oxidation sites excluding steroid dienone is 1. The zero-order valence-corrected chi connectivity index (χ0v) is 22.9. The lowest BCUT2D eigenvalue weighted by atomic mass is 9.96. The van der Waals surface area contributed by atoms with Crippen LogP contribution in [0.4, 0.5) is 0 Å². The summed E-state index contributed by atoms with van der Waals surface area (Å²) < 4.78 is 13.5. The van der Waals surface area contributed by atoms with Crippen LogP contribution in [0, 0.1) is 0 Å². The van der Waals surface area contributed by atoms with Crippen molar-refractivity contribution in [3.05, 3.63) is 108 Å². The molecular formula is C30H27ClN2O4S. The molecular weight excluding hydrogens is 520 g/mol. The number of thiazole rings is 1. The van der Waals surface area contributed by atoms with Gasteiger partial charge in [0.1, 0.15) is 11.8 Å². The number of carbonyl (C=O) groups excluding carboxylic acids is 1. The summed E-state index contributed by atoms with van der Waals surface area (Å²) in [5, 5.41) is 2.48. The van der Waals surface area contributed by atoms with Crippen LogP contribution in [0.15, 0.2) is 81.7 Å². The summed E-state index contributed by atoms with van der Waals surface area (Å²) >= 11 is 7.88. The third kappa shape index (κ3) is 4.68. The van der Waals surface area contributed by atoms with Crippen molar-refractivity contribution in [2.75, 3.05) is 13.2 Å². The number of hydrogen-bond acceptors (Lipinski definition) is 6. The number of esters is 1. The molecule has 1 aliphatic rings. The summed E-state index contributed by atoms with van der Waals surface area (Å²) in [4.78, 5) is 32.3. The first-order valence-electron chi connectivity index (χ1n) is 12.5. The Morgan fingerprint density at radius 2 is 1.87 bits per heavy atom. The molecule has 3 aromatic carbocycles. The van der Waals surface area contributed by atoms with E-state index >= 15 is 0 Å². The van der Waals surface area contributed by atoms with E-state index in [1.807, 2.05) is 60.7 Å². The van der Waals surface area contributed by atoms with Gasteiger partial charge in [-0.2, -0.15) is 0 Å². The maximum atomic E-state index is 14.0. The topological polar surface area (TPSA) is 69.9 Å². The van der Waals surface area contributed by atoms with Crippen LogP contribution in [-0.4, -0.2) is 23.8 Å². The van der Waals surface area contributed by atoms with Crippen molar-refractivity contribution in [1.29, 1.82) is 0 Å². The van der Waals surface area contributed by atoms with Crippen LogP contribution in [0.3, 0.4) is 0 Å². The molecule has 6 nitrogen and oxygen atoms in total. The molecule has 194 valence electrons. The second kappa shape index (κ2) is 11.0. The summed E-state index contributed by atoms with van der Waals surface area (Å²) in [6.07, 6.45) is 2.73. The third-order valence-corrected chi connectivity index (χ3v) is 7.71. The molecule has 8 heteroatoms. The van der Waals surface area contributed by atoms with Gasteiger partial charge < -0.3 is 9.47 Å². The molecule has 0 N–H and O–H groups in total. The highest BCUT2D eigenvalue weighted by molar-refractivity contribution is 7.07. The van der Waals surface area contributed by atoms with Crippen molar-refractivity contribution in [1.82, 2.24) is 4.57 Å². The van der Waals surface area contributed by atoms with E-state index in [0.29, 0.717) is 43.5 Å². The summed E-state index contributed by atoms with van der Waals surface area (Å²) in [5.41, 5.74) is 2.01.